The third-order valence-electron chi connectivity index (χ3n) is 1.68. The Morgan fingerprint density at radius 2 is 2.13 bits per heavy atom. The van der Waals surface area contributed by atoms with Gasteiger partial charge in [0.2, 0.25) is 0 Å². The molecule has 1 N–H and O–H groups in total. The number of benzene rings is 1. The van der Waals surface area contributed by atoms with E-state index < -0.39 is 22.5 Å². The van der Waals surface area contributed by atoms with Gasteiger partial charge in [-0.3, -0.25) is 4.21 Å². The van der Waals surface area contributed by atoms with Crippen LogP contribution in [0.1, 0.15) is 15.9 Å². The minimum Gasteiger partial charge on any atom is -0.478 e. The monoisotopic (exact) mass is 234 g/mol. The summed E-state index contributed by atoms with van der Waals surface area (Å²) < 4.78 is 34.7. The summed E-state index contributed by atoms with van der Waals surface area (Å²) in [6, 6.07) is 5.48. The highest BCUT2D eigenvalue weighted by atomic mass is 32.2. The van der Waals surface area contributed by atoms with Crippen LogP contribution in [0.4, 0.5) is 8.78 Å². The van der Waals surface area contributed by atoms with Gasteiger partial charge in [-0.1, -0.05) is 12.1 Å². The van der Waals surface area contributed by atoms with Crippen LogP contribution >= 0.6 is 0 Å². The second-order valence-corrected chi connectivity index (χ2v) is 4.20. The van der Waals surface area contributed by atoms with Gasteiger partial charge in [0.05, 0.1) is 22.1 Å². The molecule has 0 heterocycles. The van der Waals surface area contributed by atoms with E-state index >= 15 is 0 Å². The lowest BCUT2D eigenvalue weighted by Crippen LogP contribution is -2.06. The van der Waals surface area contributed by atoms with Gasteiger partial charge in [0.15, 0.2) is 0 Å². The van der Waals surface area contributed by atoms with E-state index in [1.807, 2.05) is 0 Å². The van der Waals surface area contributed by atoms with Crippen molar-refractivity contribution >= 4 is 16.8 Å². The molecule has 1 aromatic rings. The van der Waals surface area contributed by atoms with Gasteiger partial charge in [-0.25, -0.2) is 4.79 Å². The van der Waals surface area contributed by atoms with Gasteiger partial charge >= 0.3 is 11.7 Å². The van der Waals surface area contributed by atoms with Crippen LogP contribution in [0.2, 0.25) is 0 Å². The molecule has 0 spiro atoms. The summed E-state index contributed by atoms with van der Waals surface area (Å²) in [4.78, 5) is 10.5. The van der Waals surface area contributed by atoms with E-state index in [0.717, 1.165) is 0 Å². The predicted octanol–water partition coefficient (Wildman–Crippen LogP) is 1.86. The van der Waals surface area contributed by atoms with Gasteiger partial charge < -0.3 is 5.11 Å². The van der Waals surface area contributed by atoms with E-state index in [2.05, 4.69) is 0 Å². The third kappa shape index (κ3) is 3.39. The molecule has 0 saturated heterocycles. The number of hydrogen-bond donors (Lipinski definition) is 1. The molecule has 0 saturated carbocycles. The molecule has 0 fully saturated rings. The molecule has 82 valence electrons. The second-order valence-electron chi connectivity index (χ2n) is 2.79. The number of aromatic carboxylic acids is 1. The van der Waals surface area contributed by atoms with E-state index in [1.54, 1.807) is 0 Å². The third-order valence-corrected chi connectivity index (χ3v) is 2.70. The Balaban J connectivity index is 2.83. The Morgan fingerprint density at radius 1 is 1.47 bits per heavy atom. The van der Waals surface area contributed by atoms with Crippen molar-refractivity contribution in [2.75, 3.05) is 0 Å². The standard InChI is InChI=1S/C9H8F2O3S/c10-9(11)15(14)5-6-2-1-3-7(4-6)8(12)13/h1-4,9H,5H2,(H,12,13). The maximum Gasteiger partial charge on any atom is 0.335 e. The minimum atomic E-state index is -2.90. The topological polar surface area (TPSA) is 54.4 Å². The largest absolute Gasteiger partial charge is 0.478 e. The van der Waals surface area contributed by atoms with Crippen LogP contribution in [-0.2, 0) is 16.6 Å². The summed E-state index contributed by atoms with van der Waals surface area (Å²) in [5, 5.41) is 8.63. The fourth-order valence-electron chi connectivity index (χ4n) is 1.02. The zero-order chi connectivity index (χ0) is 11.4. The van der Waals surface area contributed by atoms with Crippen LogP contribution in [0, 0.1) is 0 Å². The molecule has 1 aromatic carbocycles. The zero-order valence-electron chi connectivity index (χ0n) is 7.52. The smallest absolute Gasteiger partial charge is 0.335 e. The van der Waals surface area contributed by atoms with Crippen molar-refractivity contribution in [3.8, 4) is 0 Å². The molecule has 0 aliphatic heterocycles. The lowest BCUT2D eigenvalue weighted by Gasteiger charge is -2.02. The average Bonchev–Trinajstić information content (AvgIpc) is 2.18. The van der Waals surface area contributed by atoms with Gasteiger partial charge in [-0.2, -0.15) is 8.78 Å². The Bertz CT molecular complexity index is 393. The summed E-state index contributed by atoms with van der Waals surface area (Å²) in [5.74, 6) is -4.38. The summed E-state index contributed by atoms with van der Waals surface area (Å²) in [6.07, 6.45) is 0. The lowest BCUT2D eigenvalue weighted by atomic mass is 10.1. The summed E-state index contributed by atoms with van der Waals surface area (Å²) in [6.45, 7) is 0. The van der Waals surface area contributed by atoms with Gasteiger partial charge in [0, 0.05) is 0 Å². The van der Waals surface area contributed by atoms with Crippen molar-refractivity contribution in [1.29, 1.82) is 0 Å². The van der Waals surface area contributed by atoms with Crippen molar-refractivity contribution in [1.82, 2.24) is 0 Å². The molecule has 0 aromatic heterocycles. The molecule has 15 heavy (non-hydrogen) atoms. The predicted molar refractivity (Wildman–Crippen MR) is 51.3 cm³/mol. The van der Waals surface area contributed by atoms with E-state index in [1.165, 1.54) is 24.3 Å². The maximum atomic E-state index is 12.0. The maximum absolute atomic E-state index is 12.0. The quantitative estimate of drug-likeness (QED) is 0.865. The number of alkyl halides is 2. The van der Waals surface area contributed by atoms with Crippen LogP contribution < -0.4 is 0 Å². The van der Waals surface area contributed by atoms with Crippen LogP contribution in [0.5, 0.6) is 0 Å². The fourth-order valence-corrected chi connectivity index (χ4v) is 1.66. The van der Waals surface area contributed by atoms with Gasteiger partial charge in [0.1, 0.15) is 0 Å². The summed E-state index contributed by atoms with van der Waals surface area (Å²) >= 11 is 0. The first-order valence-electron chi connectivity index (χ1n) is 3.98. The van der Waals surface area contributed by atoms with E-state index in [-0.39, 0.29) is 11.3 Å². The molecule has 6 heteroatoms. The van der Waals surface area contributed by atoms with Crippen LogP contribution in [0.25, 0.3) is 0 Å². The molecule has 0 amide bonds. The zero-order valence-corrected chi connectivity index (χ0v) is 8.34. The normalized spacial score (nSPS) is 12.7. The van der Waals surface area contributed by atoms with Gasteiger partial charge in [-0.15, -0.1) is 0 Å². The highest BCUT2D eigenvalue weighted by Crippen LogP contribution is 2.11. The Kier molecular flexibility index (Phi) is 3.90. The lowest BCUT2D eigenvalue weighted by molar-refractivity contribution is 0.0696. The SMILES string of the molecule is O=C(O)c1cccc(CS(=O)C(F)F)c1. The van der Waals surface area contributed by atoms with Crippen LogP contribution in [-0.4, -0.2) is 21.0 Å². The Labute approximate surface area is 87.2 Å². The highest BCUT2D eigenvalue weighted by Gasteiger charge is 2.14. The van der Waals surface area contributed by atoms with Crippen molar-refractivity contribution in [3.63, 3.8) is 0 Å². The van der Waals surface area contributed by atoms with Crippen molar-refractivity contribution in [2.45, 2.75) is 11.5 Å². The Morgan fingerprint density at radius 3 is 2.67 bits per heavy atom. The number of halogens is 2. The van der Waals surface area contributed by atoms with Gasteiger partial charge in [0.25, 0.3) is 0 Å². The fraction of sp³-hybridized carbons (Fsp3) is 0.222. The number of carboxylic acid groups (broad SMARTS) is 1. The minimum absolute atomic E-state index is 0.00114. The molecule has 1 rings (SSSR count). The van der Waals surface area contributed by atoms with E-state index in [0.29, 0.717) is 5.56 Å². The number of rotatable bonds is 4. The number of carboxylic acids is 1. The van der Waals surface area contributed by atoms with E-state index in [4.69, 9.17) is 5.11 Å². The molecule has 1 atom stereocenters. The van der Waals surface area contributed by atoms with Crippen LogP contribution in [0.15, 0.2) is 24.3 Å². The summed E-state index contributed by atoms with van der Waals surface area (Å²) in [5.41, 5.74) is 0.326. The number of hydrogen-bond acceptors (Lipinski definition) is 2. The first kappa shape index (κ1) is 11.8. The highest BCUT2D eigenvalue weighted by molar-refractivity contribution is 7.84. The number of carbonyl (C=O) groups is 1. The molecular weight excluding hydrogens is 226 g/mol. The van der Waals surface area contributed by atoms with Crippen molar-refractivity contribution in [3.05, 3.63) is 35.4 Å². The van der Waals surface area contributed by atoms with Crippen molar-refractivity contribution in [2.24, 2.45) is 0 Å². The molecule has 0 radical (unpaired) electrons. The second kappa shape index (κ2) is 4.97. The first-order chi connectivity index (χ1) is 7.00. The molecule has 0 aliphatic rings. The van der Waals surface area contributed by atoms with Gasteiger partial charge in [-0.05, 0) is 17.7 Å². The van der Waals surface area contributed by atoms with Crippen LogP contribution in [0.3, 0.4) is 0 Å². The first-order valence-corrected chi connectivity index (χ1v) is 5.36. The van der Waals surface area contributed by atoms with Crippen molar-refractivity contribution < 1.29 is 22.9 Å². The molecule has 3 nitrogen and oxygen atoms in total. The molecule has 0 bridgehead atoms. The average molecular weight is 234 g/mol. The molecule has 0 aliphatic carbocycles. The summed E-state index contributed by atoms with van der Waals surface area (Å²) in [7, 11) is -2.27. The Hall–Kier alpha value is -1.30. The molecular formula is C9H8F2O3S. The molecule has 1 unspecified atom stereocenters. The van der Waals surface area contributed by atoms with E-state index in [9.17, 15) is 17.8 Å².